The lowest BCUT2D eigenvalue weighted by atomic mass is 10.2. The van der Waals surface area contributed by atoms with Crippen LogP contribution in [0.15, 0.2) is 66.0 Å². The zero-order chi connectivity index (χ0) is 21.8. The van der Waals surface area contributed by atoms with Crippen LogP contribution in [0.4, 0.5) is 5.13 Å². The van der Waals surface area contributed by atoms with E-state index in [1.54, 1.807) is 7.11 Å². The van der Waals surface area contributed by atoms with Crippen molar-refractivity contribution in [3.05, 3.63) is 88.4 Å². The highest BCUT2D eigenvalue weighted by Gasteiger charge is 2.19. The van der Waals surface area contributed by atoms with E-state index in [1.165, 1.54) is 16.9 Å². The molecule has 2 aromatic carbocycles. The lowest BCUT2D eigenvalue weighted by molar-refractivity contribution is 0.0999. The fraction of sp³-hybridized carbons (Fsp3) is 0.167. The normalized spacial score (nSPS) is 10.8. The van der Waals surface area contributed by atoms with Gasteiger partial charge in [0.1, 0.15) is 5.75 Å². The molecule has 0 saturated heterocycles. The van der Waals surface area contributed by atoms with Crippen molar-refractivity contribution >= 4 is 22.4 Å². The van der Waals surface area contributed by atoms with Crippen molar-refractivity contribution in [1.82, 2.24) is 9.55 Å². The highest BCUT2D eigenvalue weighted by atomic mass is 32.1. The van der Waals surface area contributed by atoms with Crippen LogP contribution < -0.4 is 15.8 Å². The summed E-state index contributed by atoms with van der Waals surface area (Å²) in [6.45, 7) is 3.19. The van der Waals surface area contributed by atoms with Gasteiger partial charge in [-0.25, -0.2) is 4.98 Å². The first kappa shape index (κ1) is 20.7. The highest BCUT2D eigenvalue weighted by molar-refractivity contribution is 7.14. The largest absolute Gasteiger partial charge is 0.497 e. The lowest BCUT2D eigenvalue weighted by Crippen LogP contribution is -2.12. The third-order valence-corrected chi connectivity index (χ3v) is 5.96. The number of rotatable bonds is 8. The number of nitrogens with two attached hydrogens (primary N) is 1. The molecule has 3 N–H and O–H groups in total. The van der Waals surface area contributed by atoms with Crippen molar-refractivity contribution in [2.75, 3.05) is 12.4 Å². The molecule has 2 aromatic heterocycles. The fourth-order valence-electron chi connectivity index (χ4n) is 3.51. The van der Waals surface area contributed by atoms with Gasteiger partial charge < -0.3 is 20.4 Å². The molecule has 31 heavy (non-hydrogen) atoms. The van der Waals surface area contributed by atoms with E-state index in [2.05, 4.69) is 22.0 Å². The number of nitrogens with zero attached hydrogens (tertiary/aromatic N) is 2. The van der Waals surface area contributed by atoms with E-state index in [0.29, 0.717) is 18.7 Å². The zero-order valence-corrected chi connectivity index (χ0v) is 18.3. The molecule has 0 aliphatic heterocycles. The summed E-state index contributed by atoms with van der Waals surface area (Å²) in [5, 5.41) is 6.19. The predicted molar refractivity (Wildman–Crippen MR) is 125 cm³/mol. The summed E-state index contributed by atoms with van der Waals surface area (Å²) in [7, 11) is 1.65. The first-order valence-electron chi connectivity index (χ1n) is 9.91. The van der Waals surface area contributed by atoms with E-state index in [0.717, 1.165) is 33.5 Å². The Balaban J connectivity index is 1.63. The Morgan fingerprint density at radius 2 is 1.90 bits per heavy atom. The third-order valence-electron chi connectivity index (χ3n) is 5.16. The Morgan fingerprint density at radius 1 is 1.13 bits per heavy atom. The fourth-order valence-corrected chi connectivity index (χ4v) is 4.21. The monoisotopic (exact) mass is 432 g/mol. The molecule has 0 unspecified atom stereocenters. The van der Waals surface area contributed by atoms with Crippen molar-refractivity contribution in [2.45, 2.75) is 20.0 Å². The molecule has 0 aliphatic rings. The molecule has 0 radical (unpaired) electrons. The quantitative estimate of drug-likeness (QED) is 0.423. The van der Waals surface area contributed by atoms with E-state index in [-0.39, 0.29) is 0 Å². The SMILES string of the molecule is COc1cccc(Cn2c(-c3csc(NCc4ccccc4)n3)cc(C(N)=O)c2C)c1. The summed E-state index contributed by atoms with van der Waals surface area (Å²) in [6, 6.07) is 19.9. The zero-order valence-electron chi connectivity index (χ0n) is 17.5. The number of benzene rings is 2. The van der Waals surface area contributed by atoms with E-state index in [1.807, 2.05) is 60.8 Å². The first-order valence-corrected chi connectivity index (χ1v) is 10.8. The number of ether oxygens (including phenoxy) is 1. The summed E-state index contributed by atoms with van der Waals surface area (Å²) in [5.74, 6) is 0.348. The lowest BCUT2D eigenvalue weighted by Gasteiger charge is -2.12. The van der Waals surface area contributed by atoms with Gasteiger partial charge in [0.2, 0.25) is 0 Å². The second kappa shape index (κ2) is 9.06. The van der Waals surface area contributed by atoms with Crippen LogP contribution >= 0.6 is 11.3 Å². The minimum Gasteiger partial charge on any atom is -0.497 e. The maximum atomic E-state index is 12.0. The van der Waals surface area contributed by atoms with Gasteiger partial charge in [-0.15, -0.1) is 11.3 Å². The molecule has 158 valence electrons. The van der Waals surface area contributed by atoms with Gasteiger partial charge in [-0.1, -0.05) is 42.5 Å². The second-order valence-corrected chi connectivity index (χ2v) is 8.07. The Hall–Kier alpha value is -3.58. The number of anilines is 1. The van der Waals surface area contributed by atoms with Crippen LogP contribution in [0.25, 0.3) is 11.4 Å². The molecular weight excluding hydrogens is 408 g/mol. The Morgan fingerprint density at radius 3 is 2.65 bits per heavy atom. The minimum atomic E-state index is -0.444. The van der Waals surface area contributed by atoms with Gasteiger partial charge in [-0.3, -0.25) is 4.79 Å². The summed E-state index contributed by atoms with van der Waals surface area (Å²) in [5.41, 5.74) is 10.9. The summed E-state index contributed by atoms with van der Waals surface area (Å²) in [6.07, 6.45) is 0. The van der Waals surface area contributed by atoms with Crippen molar-refractivity contribution in [3.8, 4) is 17.1 Å². The molecule has 4 rings (SSSR count). The number of amides is 1. The van der Waals surface area contributed by atoms with Crippen LogP contribution in [0.3, 0.4) is 0 Å². The molecule has 0 bridgehead atoms. The second-order valence-electron chi connectivity index (χ2n) is 7.21. The maximum absolute atomic E-state index is 12.0. The molecule has 2 heterocycles. The number of carbonyl (C=O) groups is 1. The van der Waals surface area contributed by atoms with Crippen molar-refractivity contribution in [2.24, 2.45) is 5.73 Å². The molecule has 0 fully saturated rings. The number of aromatic nitrogens is 2. The average molecular weight is 433 g/mol. The Bertz CT molecular complexity index is 1200. The Kier molecular flexibility index (Phi) is 6.04. The summed E-state index contributed by atoms with van der Waals surface area (Å²) < 4.78 is 7.42. The minimum absolute atomic E-state index is 0.444. The molecule has 0 spiro atoms. The van der Waals surface area contributed by atoms with Gasteiger partial charge in [-0.2, -0.15) is 0 Å². The van der Waals surface area contributed by atoms with Crippen LogP contribution in [0, 0.1) is 6.92 Å². The first-order chi connectivity index (χ1) is 15.0. The number of methoxy groups -OCH3 is 1. The standard InChI is InChI=1S/C24H24N4O2S/c1-16-20(23(25)29)12-22(28(16)14-18-9-6-10-19(11-18)30-2)21-15-31-24(27-21)26-13-17-7-4-3-5-8-17/h3-12,15H,13-14H2,1-2H3,(H2,25,29)(H,26,27). The average Bonchev–Trinajstić information content (AvgIpc) is 3.38. The molecule has 6 nitrogen and oxygen atoms in total. The smallest absolute Gasteiger partial charge is 0.250 e. The van der Waals surface area contributed by atoms with Gasteiger partial charge in [-0.05, 0) is 36.2 Å². The molecule has 7 heteroatoms. The van der Waals surface area contributed by atoms with E-state index >= 15 is 0 Å². The Labute approximate surface area is 185 Å². The van der Waals surface area contributed by atoms with Crippen LogP contribution in [-0.2, 0) is 13.1 Å². The van der Waals surface area contributed by atoms with E-state index < -0.39 is 5.91 Å². The van der Waals surface area contributed by atoms with Gasteiger partial charge in [0, 0.05) is 24.2 Å². The van der Waals surface area contributed by atoms with Crippen molar-refractivity contribution < 1.29 is 9.53 Å². The maximum Gasteiger partial charge on any atom is 0.250 e. The van der Waals surface area contributed by atoms with Crippen LogP contribution in [0.2, 0.25) is 0 Å². The van der Waals surface area contributed by atoms with Crippen molar-refractivity contribution in [3.63, 3.8) is 0 Å². The number of hydrogen-bond acceptors (Lipinski definition) is 5. The number of carbonyl (C=O) groups excluding carboxylic acids is 1. The van der Waals surface area contributed by atoms with Gasteiger partial charge in [0.05, 0.1) is 24.1 Å². The van der Waals surface area contributed by atoms with E-state index in [4.69, 9.17) is 15.5 Å². The van der Waals surface area contributed by atoms with E-state index in [9.17, 15) is 4.79 Å². The highest BCUT2D eigenvalue weighted by Crippen LogP contribution is 2.30. The number of hydrogen-bond donors (Lipinski definition) is 2. The molecule has 1 amide bonds. The van der Waals surface area contributed by atoms with Crippen LogP contribution in [0.5, 0.6) is 5.75 Å². The van der Waals surface area contributed by atoms with Gasteiger partial charge >= 0.3 is 0 Å². The molecular formula is C24H24N4O2S. The third kappa shape index (κ3) is 4.62. The molecule has 0 atom stereocenters. The summed E-state index contributed by atoms with van der Waals surface area (Å²) >= 11 is 1.54. The molecule has 0 aliphatic carbocycles. The topological polar surface area (TPSA) is 82.2 Å². The predicted octanol–water partition coefficient (Wildman–Crippen LogP) is 4.69. The molecule has 4 aromatic rings. The number of thiazole rings is 1. The summed E-state index contributed by atoms with van der Waals surface area (Å²) in [4.78, 5) is 16.7. The van der Waals surface area contributed by atoms with Gasteiger partial charge in [0.15, 0.2) is 5.13 Å². The number of primary amides is 1. The van der Waals surface area contributed by atoms with Crippen LogP contribution in [0.1, 0.15) is 27.2 Å². The van der Waals surface area contributed by atoms with Crippen LogP contribution in [-0.4, -0.2) is 22.6 Å². The number of nitrogens with one attached hydrogen (secondary N) is 1. The van der Waals surface area contributed by atoms with Gasteiger partial charge in [0.25, 0.3) is 5.91 Å². The molecule has 0 saturated carbocycles. The van der Waals surface area contributed by atoms with Crippen molar-refractivity contribution in [1.29, 1.82) is 0 Å².